The van der Waals surface area contributed by atoms with Gasteiger partial charge in [0.2, 0.25) is 12.3 Å². The van der Waals surface area contributed by atoms with Crippen LogP contribution in [-0.2, 0) is 9.53 Å². The summed E-state index contributed by atoms with van der Waals surface area (Å²) in [6.07, 6.45) is 13.0. The Morgan fingerprint density at radius 2 is 1.92 bits per heavy atom. The Bertz CT molecular complexity index is 1060. The SMILES string of the molecule is COc1cc(-c2cc(C(=O)N3C4CCCC3CC4)[nH]n2)c(F)cn1.O=CNC1CCC2(CCO2)CC1. The second-order valence-electron chi connectivity index (χ2n) is 10.2. The van der Waals surface area contributed by atoms with Gasteiger partial charge in [0.05, 0.1) is 31.2 Å². The minimum atomic E-state index is -0.501. The van der Waals surface area contributed by atoms with Crippen molar-refractivity contribution in [2.75, 3.05) is 13.7 Å². The number of carbonyl (C=O) groups excluding carboxylic acids is 2. The summed E-state index contributed by atoms with van der Waals surface area (Å²) < 4.78 is 24.6. The summed E-state index contributed by atoms with van der Waals surface area (Å²) in [5.41, 5.74) is 1.26. The van der Waals surface area contributed by atoms with Crippen molar-refractivity contribution in [2.24, 2.45) is 0 Å². The zero-order valence-electron chi connectivity index (χ0n) is 20.7. The Balaban J connectivity index is 0.000000186. The maximum atomic E-state index is 14.0. The molecular formula is C26H34FN5O4. The molecule has 4 aliphatic rings. The molecule has 2 amide bonds. The molecule has 3 aliphatic heterocycles. The molecule has 194 valence electrons. The number of nitrogens with zero attached hydrogens (tertiary/aromatic N) is 3. The van der Waals surface area contributed by atoms with E-state index in [9.17, 15) is 14.0 Å². The second-order valence-corrected chi connectivity index (χ2v) is 10.2. The Labute approximate surface area is 210 Å². The van der Waals surface area contributed by atoms with Crippen LogP contribution in [0, 0.1) is 5.82 Å². The fourth-order valence-electron chi connectivity index (χ4n) is 6.08. The molecule has 2 bridgehead atoms. The summed E-state index contributed by atoms with van der Waals surface area (Å²) in [7, 11) is 1.47. The molecule has 0 aromatic carbocycles. The number of H-pyrrole nitrogens is 1. The Hall–Kier alpha value is -3.01. The maximum Gasteiger partial charge on any atom is 0.272 e. The fraction of sp³-hybridized carbons (Fsp3) is 0.615. The average molecular weight is 500 g/mol. The average Bonchev–Trinajstić information content (AvgIpc) is 3.46. The molecule has 2 atom stereocenters. The van der Waals surface area contributed by atoms with Crippen LogP contribution in [0.5, 0.6) is 5.88 Å². The van der Waals surface area contributed by atoms with Crippen LogP contribution in [0.15, 0.2) is 18.3 Å². The van der Waals surface area contributed by atoms with Crippen LogP contribution in [0.2, 0.25) is 0 Å². The fourth-order valence-corrected chi connectivity index (χ4v) is 6.08. The van der Waals surface area contributed by atoms with Crippen molar-refractivity contribution in [3.8, 4) is 17.1 Å². The van der Waals surface area contributed by atoms with Gasteiger partial charge in [-0.2, -0.15) is 5.10 Å². The predicted molar refractivity (Wildman–Crippen MR) is 130 cm³/mol. The van der Waals surface area contributed by atoms with Crippen molar-refractivity contribution >= 4 is 12.3 Å². The molecule has 0 radical (unpaired) electrons. The molecule has 1 saturated carbocycles. The van der Waals surface area contributed by atoms with Crippen molar-refractivity contribution < 1.29 is 23.5 Å². The van der Waals surface area contributed by atoms with E-state index in [1.807, 2.05) is 4.90 Å². The van der Waals surface area contributed by atoms with E-state index in [1.54, 1.807) is 6.07 Å². The van der Waals surface area contributed by atoms with Gasteiger partial charge < -0.3 is 19.7 Å². The number of methoxy groups -OCH3 is 1. The van der Waals surface area contributed by atoms with Crippen LogP contribution in [0.25, 0.3) is 11.3 Å². The van der Waals surface area contributed by atoms with Gasteiger partial charge in [0.25, 0.3) is 5.91 Å². The Kier molecular flexibility index (Phi) is 7.22. The normalized spacial score (nSPS) is 28.6. The lowest BCUT2D eigenvalue weighted by atomic mass is 9.77. The molecule has 4 fully saturated rings. The molecule has 2 unspecified atom stereocenters. The Morgan fingerprint density at radius 1 is 1.19 bits per heavy atom. The number of hydrogen-bond donors (Lipinski definition) is 2. The molecule has 5 heterocycles. The molecule has 2 N–H and O–H groups in total. The van der Waals surface area contributed by atoms with E-state index >= 15 is 0 Å². The van der Waals surface area contributed by atoms with Crippen LogP contribution in [-0.4, -0.2) is 69.8 Å². The minimum absolute atomic E-state index is 0.0395. The van der Waals surface area contributed by atoms with E-state index in [-0.39, 0.29) is 17.1 Å². The number of fused-ring (bicyclic) bond motifs is 2. The monoisotopic (exact) mass is 499 g/mol. The van der Waals surface area contributed by atoms with Gasteiger partial charge in [-0.3, -0.25) is 14.7 Å². The number of amides is 2. The number of ether oxygens (including phenoxy) is 2. The summed E-state index contributed by atoms with van der Waals surface area (Å²) in [4.78, 5) is 28.8. The molecule has 2 aromatic rings. The number of pyridine rings is 1. The van der Waals surface area contributed by atoms with Crippen molar-refractivity contribution in [3.63, 3.8) is 0 Å². The van der Waals surface area contributed by atoms with Gasteiger partial charge in [0.15, 0.2) is 5.82 Å². The molecule has 2 aromatic heterocycles. The third-order valence-corrected chi connectivity index (χ3v) is 8.22. The van der Waals surface area contributed by atoms with Crippen molar-refractivity contribution in [2.45, 2.75) is 87.9 Å². The van der Waals surface area contributed by atoms with Crippen LogP contribution in [0.3, 0.4) is 0 Å². The van der Waals surface area contributed by atoms with Crippen LogP contribution in [0.4, 0.5) is 4.39 Å². The first-order valence-corrected chi connectivity index (χ1v) is 12.9. The summed E-state index contributed by atoms with van der Waals surface area (Å²) in [5.74, 6) is -0.238. The van der Waals surface area contributed by atoms with Crippen LogP contribution < -0.4 is 10.1 Å². The summed E-state index contributed by atoms with van der Waals surface area (Å²) in [6.45, 7) is 0.936. The minimum Gasteiger partial charge on any atom is -0.481 e. The number of aromatic amines is 1. The van der Waals surface area contributed by atoms with Crippen LogP contribution in [0.1, 0.15) is 74.7 Å². The highest BCUT2D eigenvalue weighted by atomic mass is 19.1. The molecular weight excluding hydrogens is 465 g/mol. The molecule has 9 nitrogen and oxygen atoms in total. The van der Waals surface area contributed by atoms with Gasteiger partial charge in [0.1, 0.15) is 5.69 Å². The van der Waals surface area contributed by atoms with E-state index in [4.69, 9.17) is 9.47 Å². The summed E-state index contributed by atoms with van der Waals surface area (Å²) >= 11 is 0. The van der Waals surface area contributed by atoms with Gasteiger partial charge in [-0.1, -0.05) is 0 Å². The molecule has 1 spiro atoms. The van der Waals surface area contributed by atoms with E-state index in [2.05, 4.69) is 20.5 Å². The molecule has 3 saturated heterocycles. The number of halogens is 1. The molecule has 36 heavy (non-hydrogen) atoms. The van der Waals surface area contributed by atoms with E-state index in [1.165, 1.54) is 26.0 Å². The number of hydrogen-bond acceptors (Lipinski definition) is 6. The first-order valence-electron chi connectivity index (χ1n) is 12.9. The number of aromatic nitrogens is 3. The summed E-state index contributed by atoms with van der Waals surface area (Å²) in [6, 6.07) is 4.15. The standard InChI is InChI=1S/C17H19FN4O2.C9H15NO2/c1-24-16-7-12(13(18)9-19-16)14-8-15(21-20-14)17(23)22-10-3-2-4-11(22)6-5-10;11-7-10-8-1-3-9(4-2-8)5-6-12-9/h7-11H,2-6H2,1H3,(H,20,21);7-8H,1-6H2,(H,10,11). The largest absolute Gasteiger partial charge is 0.481 e. The van der Waals surface area contributed by atoms with Gasteiger partial charge in [-0.05, 0) is 70.3 Å². The van der Waals surface area contributed by atoms with E-state index in [0.29, 0.717) is 35.4 Å². The van der Waals surface area contributed by atoms with E-state index in [0.717, 1.165) is 70.6 Å². The van der Waals surface area contributed by atoms with Gasteiger partial charge in [0, 0.05) is 29.8 Å². The summed E-state index contributed by atoms with van der Waals surface area (Å²) in [5, 5.41) is 9.71. The quantitative estimate of drug-likeness (QED) is 0.609. The maximum absolute atomic E-state index is 14.0. The lowest BCUT2D eigenvalue weighted by Gasteiger charge is -2.46. The lowest BCUT2D eigenvalue weighted by molar-refractivity contribution is -0.167. The lowest BCUT2D eigenvalue weighted by Crippen LogP contribution is -2.49. The van der Waals surface area contributed by atoms with Crippen LogP contribution >= 0.6 is 0 Å². The molecule has 10 heteroatoms. The van der Waals surface area contributed by atoms with Crippen molar-refractivity contribution in [3.05, 3.63) is 29.8 Å². The number of piperidine rings is 1. The zero-order valence-corrected chi connectivity index (χ0v) is 20.7. The highest BCUT2D eigenvalue weighted by molar-refractivity contribution is 5.94. The topological polar surface area (TPSA) is 109 Å². The van der Waals surface area contributed by atoms with Gasteiger partial charge in [-0.25, -0.2) is 9.37 Å². The highest BCUT2D eigenvalue weighted by Crippen LogP contribution is 2.40. The highest BCUT2D eigenvalue weighted by Gasteiger charge is 2.41. The number of nitrogens with one attached hydrogen (secondary N) is 2. The first-order chi connectivity index (χ1) is 17.5. The number of rotatable bonds is 5. The van der Waals surface area contributed by atoms with E-state index < -0.39 is 5.82 Å². The molecule has 6 rings (SSSR count). The van der Waals surface area contributed by atoms with Gasteiger partial charge >= 0.3 is 0 Å². The second kappa shape index (κ2) is 10.5. The smallest absolute Gasteiger partial charge is 0.272 e. The third-order valence-electron chi connectivity index (χ3n) is 8.22. The third kappa shape index (κ3) is 4.96. The molecule has 1 aliphatic carbocycles. The van der Waals surface area contributed by atoms with Gasteiger partial charge in [-0.15, -0.1) is 0 Å². The number of carbonyl (C=O) groups is 2. The van der Waals surface area contributed by atoms with Crippen molar-refractivity contribution in [1.82, 2.24) is 25.4 Å². The predicted octanol–water partition coefficient (Wildman–Crippen LogP) is 3.61. The Morgan fingerprint density at radius 3 is 2.53 bits per heavy atom. The van der Waals surface area contributed by atoms with Crippen molar-refractivity contribution in [1.29, 1.82) is 0 Å². The zero-order chi connectivity index (χ0) is 25.1. The first kappa shape index (κ1) is 24.7.